The Kier molecular flexibility index (Phi) is 7.04. The number of rotatable bonds is 8. The first-order chi connectivity index (χ1) is 16.8. The number of likely N-dealkylation sites (tertiary alicyclic amines) is 1. The van der Waals surface area contributed by atoms with Crippen LogP contribution in [0.15, 0.2) is 48.5 Å². The van der Waals surface area contributed by atoms with E-state index < -0.39 is 36.0 Å². The van der Waals surface area contributed by atoms with Gasteiger partial charge in [-0.3, -0.25) is 9.59 Å². The van der Waals surface area contributed by atoms with Crippen LogP contribution in [0.4, 0.5) is 4.79 Å². The second kappa shape index (κ2) is 10.2. The Balaban J connectivity index is 1.33. The Morgan fingerprint density at radius 2 is 1.63 bits per heavy atom. The molecule has 35 heavy (non-hydrogen) atoms. The Labute approximate surface area is 203 Å². The van der Waals surface area contributed by atoms with Crippen LogP contribution in [0.2, 0.25) is 0 Å². The number of amides is 3. The summed E-state index contributed by atoms with van der Waals surface area (Å²) < 4.78 is 5.53. The van der Waals surface area contributed by atoms with Crippen molar-refractivity contribution >= 4 is 23.9 Å². The first-order valence-corrected chi connectivity index (χ1v) is 11.7. The zero-order valence-electron chi connectivity index (χ0n) is 19.7. The Hall–Kier alpha value is -3.88. The molecule has 184 valence electrons. The summed E-state index contributed by atoms with van der Waals surface area (Å²) in [5.41, 5.74) is 4.41. The van der Waals surface area contributed by atoms with Crippen molar-refractivity contribution < 1.29 is 29.0 Å². The van der Waals surface area contributed by atoms with E-state index >= 15 is 0 Å². The van der Waals surface area contributed by atoms with E-state index in [2.05, 4.69) is 10.6 Å². The first kappa shape index (κ1) is 24.3. The molecule has 0 spiro atoms. The molecule has 0 saturated carbocycles. The fourth-order valence-corrected chi connectivity index (χ4v) is 4.62. The maximum Gasteiger partial charge on any atom is 0.407 e. The van der Waals surface area contributed by atoms with Gasteiger partial charge in [-0.15, -0.1) is 0 Å². The minimum Gasteiger partial charge on any atom is -0.480 e. The third-order valence-corrected chi connectivity index (χ3v) is 6.61. The van der Waals surface area contributed by atoms with E-state index in [4.69, 9.17) is 9.84 Å². The van der Waals surface area contributed by atoms with E-state index in [0.29, 0.717) is 13.0 Å². The maximum atomic E-state index is 12.7. The van der Waals surface area contributed by atoms with Crippen LogP contribution in [0.5, 0.6) is 0 Å². The normalized spacial score (nSPS) is 17.1. The number of alkyl carbamates (subject to hydrolysis) is 1. The number of aliphatic carboxylic acids is 1. The highest BCUT2D eigenvalue weighted by atomic mass is 16.5. The molecule has 2 aromatic carbocycles. The van der Waals surface area contributed by atoms with Crippen LogP contribution in [-0.2, 0) is 19.1 Å². The molecule has 0 radical (unpaired) electrons. The van der Waals surface area contributed by atoms with Crippen molar-refractivity contribution in [3.63, 3.8) is 0 Å². The van der Waals surface area contributed by atoms with Gasteiger partial charge in [-0.1, -0.05) is 62.4 Å². The van der Waals surface area contributed by atoms with Gasteiger partial charge in [-0.25, -0.2) is 9.59 Å². The summed E-state index contributed by atoms with van der Waals surface area (Å²) in [5, 5.41) is 14.2. The second-order valence-corrected chi connectivity index (χ2v) is 9.14. The predicted octanol–water partition coefficient (Wildman–Crippen LogP) is 2.35. The van der Waals surface area contributed by atoms with Gasteiger partial charge in [0.2, 0.25) is 11.8 Å². The molecule has 1 fully saturated rings. The number of carbonyl (C=O) groups excluding carboxylic acids is 3. The zero-order valence-corrected chi connectivity index (χ0v) is 19.7. The van der Waals surface area contributed by atoms with Crippen molar-refractivity contribution in [2.24, 2.45) is 5.92 Å². The molecule has 2 aliphatic rings. The number of carboxylic acids is 1. The van der Waals surface area contributed by atoms with Crippen molar-refractivity contribution in [1.82, 2.24) is 15.5 Å². The van der Waals surface area contributed by atoms with Gasteiger partial charge in [-0.05, 0) is 34.6 Å². The van der Waals surface area contributed by atoms with Gasteiger partial charge in [0.25, 0.3) is 0 Å². The van der Waals surface area contributed by atoms with Gasteiger partial charge in [0.15, 0.2) is 0 Å². The minimum absolute atomic E-state index is 0.101. The molecular weight excluding hydrogens is 450 g/mol. The van der Waals surface area contributed by atoms with Crippen LogP contribution < -0.4 is 10.6 Å². The molecule has 9 heteroatoms. The van der Waals surface area contributed by atoms with Crippen molar-refractivity contribution in [1.29, 1.82) is 0 Å². The monoisotopic (exact) mass is 479 g/mol. The average molecular weight is 480 g/mol. The van der Waals surface area contributed by atoms with Crippen LogP contribution in [0.25, 0.3) is 11.1 Å². The van der Waals surface area contributed by atoms with Gasteiger partial charge in [0.1, 0.15) is 18.7 Å². The average Bonchev–Trinajstić information content (AvgIpc) is 3.12. The molecule has 2 atom stereocenters. The lowest BCUT2D eigenvalue weighted by molar-refractivity contribution is -0.156. The number of hydrogen-bond donors (Lipinski definition) is 3. The number of carboxylic acid groups (broad SMARTS) is 1. The lowest BCUT2D eigenvalue weighted by Gasteiger charge is -2.38. The highest BCUT2D eigenvalue weighted by molar-refractivity contribution is 5.91. The molecule has 0 aromatic heterocycles. The smallest absolute Gasteiger partial charge is 0.407 e. The van der Waals surface area contributed by atoms with Crippen molar-refractivity contribution in [3.05, 3.63) is 59.7 Å². The minimum atomic E-state index is -1.06. The SMILES string of the molecule is CC(C)[C@H](NC(=O)OCC1c2ccccc2-c2ccccc21)C(=O)NCC(=O)N1CCC1C(=O)O. The van der Waals surface area contributed by atoms with E-state index in [0.717, 1.165) is 22.3 Å². The molecule has 1 aliphatic carbocycles. The Morgan fingerprint density at radius 1 is 1.03 bits per heavy atom. The summed E-state index contributed by atoms with van der Waals surface area (Å²) in [6, 6.07) is 14.3. The number of nitrogens with zero attached hydrogens (tertiary/aromatic N) is 1. The Bertz CT molecular complexity index is 1100. The zero-order chi connectivity index (χ0) is 25.1. The van der Waals surface area contributed by atoms with Crippen LogP contribution >= 0.6 is 0 Å². The lowest BCUT2D eigenvalue weighted by Crippen LogP contribution is -2.58. The van der Waals surface area contributed by atoms with Crippen LogP contribution in [0, 0.1) is 5.92 Å². The molecule has 3 amide bonds. The molecule has 1 heterocycles. The molecular formula is C26H29N3O6. The fourth-order valence-electron chi connectivity index (χ4n) is 4.62. The fraction of sp³-hybridized carbons (Fsp3) is 0.385. The van der Waals surface area contributed by atoms with Crippen molar-refractivity contribution in [2.45, 2.75) is 38.3 Å². The summed E-state index contributed by atoms with van der Waals surface area (Å²) in [5.74, 6) is -2.43. The van der Waals surface area contributed by atoms with Gasteiger partial charge in [0.05, 0.1) is 6.54 Å². The molecule has 2 aromatic rings. The summed E-state index contributed by atoms with van der Waals surface area (Å²) >= 11 is 0. The number of hydrogen-bond acceptors (Lipinski definition) is 5. The topological polar surface area (TPSA) is 125 Å². The molecule has 9 nitrogen and oxygen atoms in total. The molecule has 4 rings (SSSR count). The van der Waals surface area contributed by atoms with Crippen molar-refractivity contribution in [3.8, 4) is 11.1 Å². The van der Waals surface area contributed by atoms with Gasteiger partial charge >= 0.3 is 12.1 Å². The van der Waals surface area contributed by atoms with Gasteiger partial charge in [-0.2, -0.15) is 0 Å². The van der Waals surface area contributed by atoms with E-state index in [1.54, 1.807) is 13.8 Å². The van der Waals surface area contributed by atoms with Crippen LogP contribution in [-0.4, -0.2) is 65.7 Å². The number of carbonyl (C=O) groups is 4. The van der Waals surface area contributed by atoms with E-state index in [9.17, 15) is 19.2 Å². The number of benzene rings is 2. The largest absolute Gasteiger partial charge is 0.480 e. The third-order valence-electron chi connectivity index (χ3n) is 6.61. The summed E-state index contributed by atoms with van der Waals surface area (Å²) in [6.45, 7) is 3.67. The molecule has 3 N–H and O–H groups in total. The standard InChI is InChI=1S/C26H29N3O6/c1-15(2)23(24(31)27-13-22(30)29-12-11-21(29)25(32)33)28-26(34)35-14-20-18-9-5-3-7-16(18)17-8-4-6-10-19(17)20/h3-10,15,20-21,23H,11-14H2,1-2H3,(H,27,31)(H,28,34)(H,32,33)/t21?,23-/m0/s1. The molecule has 0 bridgehead atoms. The summed E-state index contributed by atoms with van der Waals surface area (Å²) in [4.78, 5) is 49.9. The predicted molar refractivity (Wildman–Crippen MR) is 128 cm³/mol. The number of ether oxygens (including phenoxy) is 1. The summed E-state index contributed by atoms with van der Waals surface area (Å²) in [7, 11) is 0. The van der Waals surface area contributed by atoms with Gasteiger partial charge in [0, 0.05) is 12.5 Å². The molecule has 1 saturated heterocycles. The number of fused-ring (bicyclic) bond motifs is 3. The van der Waals surface area contributed by atoms with Gasteiger partial charge < -0.3 is 25.4 Å². The quantitative estimate of drug-likeness (QED) is 0.534. The van der Waals surface area contributed by atoms with Crippen LogP contribution in [0.3, 0.4) is 0 Å². The lowest BCUT2D eigenvalue weighted by atomic mass is 9.98. The van der Waals surface area contributed by atoms with E-state index in [-0.39, 0.29) is 25.0 Å². The molecule has 1 unspecified atom stereocenters. The van der Waals surface area contributed by atoms with E-state index in [1.165, 1.54) is 4.90 Å². The number of nitrogens with one attached hydrogen (secondary N) is 2. The summed E-state index contributed by atoms with van der Waals surface area (Å²) in [6.07, 6.45) is -0.326. The third kappa shape index (κ3) is 4.99. The van der Waals surface area contributed by atoms with E-state index in [1.807, 2.05) is 48.5 Å². The highest BCUT2D eigenvalue weighted by Gasteiger charge is 2.37. The highest BCUT2D eigenvalue weighted by Crippen LogP contribution is 2.44. The van der Waals surface area contributed by atoms with Crippen molar-refractivity contribution in [2.75, 3.05) is 19.7 Å². The van der Waals surface area contributed by atoms with Crippen LogP contribution in [0.1, 0.15) is 37.3 Å². The maximum absolute atomic E-state index is 12.7. The first-order valence-electron chi connectivity index (χ1n) is 11.7. The second-order valence-electron chi connectivity index (χ2n) is 9.14. The Morgan fingerprint density at radius 3 is 2.14 bits per heavy atom. The molecule has 1 aliphatic heterocycles.